The number of pyridine rings is 1. The number of nitrogens with zero attached hydrogens (tertiary/aromatic N) is 6. The van der Waals surface area contributed by atoms with Crippen molar-refractivity contribution in [2.45, 2.75) is 52.9 Å². The van der Waals surface area contributed by atoms with Crippen molar-refractivity contribution >= 4 is 5.71 Å². The van der Waals surface area contributed by atoms with E-state index in [9.17, 15) is 8.78 Å². The number of ether oxygens (including phenoxy) is 1. The van der Waals surface area contributed by atoms with Crippen LogP contribution in [0.3, 0.4) is 0 Å². The van der Waals surface area contributed by atoms with E-state index in [0.29, 0.717) is 17.4 Å². The first-order chi connectivity index (χ1) is 14.7. The Kier molecular flexibility index (Phi) is 6.88. The molecule has 8 nitrogen and oxygen atoms in total. The van der Waals surface area contributed by atoms with Gasteiger partial charge in [-0.15, -0.1) is 10.2 Å². The molecule has 1 aromatic carbocycles. The van der Waals surface area contributed by atoms with Crippen molar-refractivity contribution in [3.8, 4) is 5.88 Å². The zero-order valence-electron chi connectivity index (χ0n) is 17.8. The minimum absolute atomic E-state index is 0.0374. The van der Waals surface area contributed by atoms with E-state index >= 15 is 0 Å². The van der Waals surface area contributed by atoms with Gasteiger partial charge in [0.1, 0.15) is 6.61 Å². The molecule has 164 valence electrons. The Morgan fingerprint density at radius 2 is 1.87 bits per heavy atom. The molecule has 2 heterocycles. The van der Waals surface area contributed by atoms with Gasteiger partial charge in [-0.25, -0.2) is 13.8 Å². The zero-order chi connectivity index (χ0) is 22.4. The molecule has 2 aromatic heterocycles. The van der Waals surface area contributed by atoms with E-state index in [2.05, 4.69) is 25.6 Å². The predicted octanol–water partition coefficient (Wildman–Crippen LogP) is 4.28. The maximum atomic E-state index is 13.2. The fourth-order valence-electron chi connectivity index (χ4n) is 2.50. The van der Waals surface area contributed by atoms with Gasteiger partial charge in [0.2, 0.25) is 11.7 Å². The Labute approximate surface area is 178 Å². The molecule has 0 radical (unpaired) electrons. The van der Waals surface area contributed by atoms with Crippen LogP contribution < -0.4 is 4.74 Å². The molecule has 0 atom stereocenters. The highest BCUT2D eigenvalue weighted by Gasteiger charge is 2.23. The third-order valence-corrected chi connectivity index (χ3v) is 4.33. The SMILES string of the molecule is C/C(=N\OCc1ccc(C(C)(F)F)cc1)c1ccc(OCc2nnn(C(C)C)n2)nc1. The monoisotopic (exact) mass is 430 g/mol. The van der Waals surface area contributed by atoms with Crippen LogP contribution in [-0.4, -0.2) is 30.9 Å². The van der Waals surface area contributed by atoms with Gasteiger partial charge in [-0.1, -0.05) is 29.4 Å². The van der Waals surface area contributed by atoms with E-state index < -0.39 is 5.92 Å². The van der Waals surface area contributed by atoms with Crippen LogP contribution in [0.1, 0.15) is 56.3 Å². The summed E-state index contributed by atoms with van der Waals surface area (Å²) in [4.78, 5) is 11.1. The average molecular weight is 430 g/mol. The van der Waals surface area contributed by atoms with Crippen LogP contribution in [0.4, 0.5) is 8.78 Å². The first-order valence-corrected chi connectivity index (χ1v) is 9.74. The van der Waals surface area contributed by atoms with Crippen LogP contribution in [0, 0.1) is 0 Å². The van der Waals surface area contributed by atoms with Crippen LogP contribution in [0.15, 0.2) is 47.8 Å². The summed E-state index contributed by atoms with van der Waals surface area (Å²) in [5, 5.41) is 16.1. The van der Waals surface area contributed by atoms with Gasteiger partial charge in [-0.2, -0.15) is 4.80 Å². The molecule has 0 aliphatic heterocycles. The van der Waals surface area contributed by atoms with Crippen molar-refractivity contribution in [1.29, 1.82) is 0 Å². The number of halogens is 2. The summed E-state index contributed by atoms with van der Waals surface area (Å²) in [5.41, 5.74) is 2.09. The minimum atomic E-state index is -2.86. The number of hydrogen-bond donors (Lipinski definition) is 0. The first kappa shape index (κ1) is 22.3. The Hall–Kier alpha value is -3.43. The fraction of sp³-hybridized carbons (Fsp3) is 0.381. The first-order valence-electron chi connectivity index (χ1n) is 9.74. The Balaban J connectivity index is 1.50. The predicted molar refractivity (Wildman–Crippen MR) is 110 cm³/mol. The molecule has 0 amide bonds. The molecule has 0 aliphatic rings. The van der Waals surface area contributed by atoms with Crippen molar-refractivity contribution in [1.82, 2.24) is 25.2 Å². The molecule has 0 spiro atoms. The van der Waals surface area contributed by atoms with Crippen LogP contribution in [0.5, 0.6) is 5.88 Å². The summed E-state index contributed by atoms with van der Waals surface area (Å²) < 4.78 is 32.1. The smallest absolute Gasteiger partial charge is 0.270 e. The molecule has 0 N–H and O–H groups in total. The molecule has 0 saturated carbocycles. The maximum Gasteiger partial charge on any atom is 0.270 e. The van der Waals surface area contributed by atoms with E-state index in [1.807, 2.05) is 13.8 Å². The van der Waals surface area contributed by atoms with Gasteiger partial charge in [0.05, 0.1) is 11.8 Å². The largest absolute Gasteiger partial charge is 0.469 e. The number of hydrogen-bond acceptors (Lipinski definition) is 7. The van der Waals surface area contributed by atoms with E-state index in [-0.39, 0.29) is 24.8 Å². The summed E-state index contributed by atoms with van der Waals surface area (Å²) in [6.07, 6.45) is 1.62. The maximum absolute atomic E-state index is 13.2. The topological polar surface area (TPSA) is 87.3 Å². The quantitative estimate of drug-likeness (QED) is 0.372. The Bertz CT molecular complexity index is 1010. The molecule has 3 aromatic rings. The molecule has 10 heteroatoms. The second kappa shape index (κ2) is 9.59. The van der Waals surface area contributed by atoms with Crippen molar-refractivity contribution in [3.05, 3.63) is 65.1 Å². The lowest BCUT2D eigenvalue weighted by atomic mass is 10.1. The molecule has 0 bridgehead atoms. The lowest BCUT2D eigenvalue weighted by Crippen LogP contribution is -2.06. The molecular formula is C21H24F2N6O2. The fourth-order valence-corrected chi connectivity index (χ4v) is 2.50. The van der Waals surface area contributed by atoms with Gasteiger partial charge < -0.3 is 9.57 Å². The summed E-state index contributed by atoms with van der Waals surface area (Å²) in [6, 6.07) is 9.61. The van der Waals surface area contributed by atoms with Crippen LogP contribution in [0.25, 0.3) is 0 Å². The molecule has 0 unspecified atom stereocenters. The van der Waals surface area contributed by atoms with E-state index in [0.717, 1.165) is 18.1 Å². The lowest BCUT2D eigenvalue weighted by Gasteiger charge is -2.10. The van der Waals surface area contributed by atoms with Gasteiger partial charge in [-0.05, 0) is 37.6 Å². The zero-order valence-corrected chi connectivity index (χ0v) is 17.8. The van der Waals surface area contributed by atoms with E-state index in [1.165, 1.54) is 16.9 Å². The van der Waals surface area contributed by atoms with E-state index in [1.54, 1.807) is 37.4 Å². The highest BCUT2D eigenvalue weighted by atomic mass is 19.3. The van der Waals surface area contributed by atoms with Gasteiger partial charge in [0, 0.05) is 30.3 Å². The summed E-state index contributed by atoms with van der Waals surface area (Å²) in [7, 11) is 0. The van der Waals surface area contributed by atoms with Crippen molar-refractivity contribution < 1.29 is 18.4 Å². The molecule has 31 heavy (non-hydrogen) atoms. The van der Waals surface area contributed by atoms with Crippen molar-refractivity contribution in [3.63, 3.8) is 0 Å². The molecule has 0 fully saturated rings. The lowest BCUT2D eigenvalue weighted by molar-refractivity contribution is 0.0174. The molecular weight excluding hydrogens is 406 g/mol. The second-order valence-electron chi connectivity index (χ2n) is 7.33. The number of alkyl halides is 2. The highest BCUT2D eigenvalue weighted by Crippen LogP contribution is 2.26. The third-order valence-electron chi connectivity index (χ3n) is 4.33. The second-order valence-corrected chi connectivity index (χ2v) is 7.33. The van der Waals surface area contributed by atoms with Gasteiger partial charge in [-0.3, -0.25) is 0 Å². The normalized spacial score (nSPS) is 12.3. The molecule has 0 saturated heterocycles. The van der Waals surface area contributed by atoms with Crippen LogP contribution in [0.2, 0.25) is 0 Å². The number of oxime groups is 1. The van der Waals surface area contributed by atoms with Crippen molar-refractivity contribution in [2.24, 2.45) is 5.16 Å². The minimum Gasteiger partial charge on any atom is -0.469 e. The van der Waals surface area contributed by atoms with Crippen molar-refractivity contribution in [2.75, 3.05) is 0 Å². The van der Waals surface area contributed by atoms with Gasteiger partial charge in [0.25, 0.3) is 5.92 Å². The third kappa shape index (κ3) is 6.27. The summed E-state index contributed by atoms with van der Waals surface area (Å²) in [6.45, 7) is 6.91. The number of rotatable bonds is 9. The van der Waals surface area contributed by atoms with E-state index in [4.69, 9.17) is 9.57 Å². The van der Waals surface area contributed by atoms with Crippen LogP contribution >= 0.6 is 0 Å². The highest BCUT2D eigenvalue weighted by molar-refractivity contribution is 5.98. The Morgan fingerprint density at radius 1 is 1.13 bits per heavy atom. The standard InChI is InChI=1S/C21H24F2N6O2/c1-14(2)29-26-19(25-28-29)13-30-20-10-7-17(11-24-20)15(3)27-31-12-16-5-8-18(9-6-16)21(4,22)23/h5-11,14H,12-13H2,1-4H3/b27-15+. The van der Waals surface area contributed by atoms with Gasteiger partial charge >= 0.3 is 0 Å². The summed E-state index contributed by atoms with van der Waals surface area (Å²) in [5.74, 6) is -1.97. The molecule has 3 rings (SSSR count). The summed E-state index contributed by atoms with van der Waals surface area (Å²) >= 11 is 0. The average Bonchev–Trinajstić information content (AvgIpc) is 3.22. The van der Waals surface area contributed by atoms with Crippen LogP contribution in [-0.2, 0) is 24.0 Å². The van der Waals surface area contributed by atoms with Gasteiger partial charge in [0.15, 0.2) is 6.61 Å². The number of aromatic nitrogens is 5. The number of benzene rings is 1. The molecule has 0 aliphatic carbocycles. The Morgan fingerprint density at radius 3 is 2.45 bits per heavy atom. The number of tetrazole rings is 1.